The van der Waals surface area contributed by atoms with Gasteiger partial charge < -0.3 is 15.4 Å². The predicted molar refractivity (Wildman–Crippen MR) is 154 cm³/mol. The first-order valence-electron chi connectivity index (χ1n) is 12.4. The quantitative estimate of drug-likeness (QED) is 0.330. The summed E-state index contributed by atoms with van der Waals surface area (Å²) in [5, 5.41) is 5.07. The Balaban J connectivity index is 1.31. The van der Waals surface area contributed by atoms with Gasteiger partial charge in [-0.05, 0) is 72.1 Å². The molecule has 3 aromatic rings. The highest BCUT2D eigenvalue weighted by atomic mass is 32.2. The molecular formula is C30H29N3O5S. The van der Waals surface area contributed by atoms with Crippen LogP contribution in [0.5, 0.6) is 5.75 Å². The van der Waals surface area contributed by atoms with Crippen molar-refractivity contribution in [3.63, 3.8) is 0 Å². The molecule has 200 valence electrons. The molecule has 1 heterocycles. The number of carbonyl (C=O) groups excluding carboxylic acids is 4. The minimum atomic E-state index is -0.525. The normalized spacial score (nSPS) is 14.2. The fourth-order valence-corrected chi connectivity index (χ4v) is 4.72. The Morgan fingerprint density at radius 1 is 0.923 bits per heavy atom. The monoisotopic (exact) mass is 543 g/mol. The highest BCUT2D eigenvalue weighted by molar-refractivity contribution is 8.18. The molecule has 1 aliphatic rings. The third-order valence-corrected chi connectivity index (χ3v) is 6.82. The second-order valence-corrected chi connectivity index (χ2v) is 10.3. The van der Waals surface area contributed by atoms with E-state index < -0.39 is 17.1 Å². The van der Waals surface area contributed by atoms with Gasteiger partial charge in [0.2, 0.25) is 5.91 Å². The third-order valence-electron chi connectivity index (χ3n) is 5.92. The van der Waals surface area contributed by atoms with Gasteiger partial charge in [0.1, 0.15) is 12.3 Å². The van der Waals surface area contributed by atoms with E-state index in [-0.39, 0.29) is 29.9 Å². The summed E-state index contributed by atoms with van der Waals surface area (Å²) in [4.78, 5) is 51.1. The Morgan fingerprint density at radius 2 is 1.62 bits per heavy atom. The summed E-state index contributed by atoms with van der Waals surface area (Å²) in [6.45, 7) is 5.54. The summed E-state index contributed by atoms with van der Waals surface area (Å²) in [7, 11) is 0. The zero-order chi connectivity index (χ0) is 27.9. The van der Waals surface area contributed by atoms with Crippen LogP contribution in [0.3, 0.4) is 0 Å². The molecule has 4 rings (SSSR count). The van der Waals surface area contributed by atoms with Crippen molar-refractivity contribution in [3.8, 4) is 5.75 Å². The maximum Gasteiger partial charge on any atom is 0.294 e. The predicted octanol–water partition coefficient (Wildman–Crippen LogP) is 5.81. The lowest BCUT2D eigenvalue weighted by molar-refractivity contribution is -0.127. The molecule has 0 radical (unpaired) electrons. The molecule has 4 amide bonds. The van der Waals surface area contributed by atoms with Crippen LogP contribution in [-0.4, -0.2) is 41.0 Å². The Bertz CT molecular complexity index is 1420. The molecule has 0 aromatic heterocycles. The first kappa shape index (κ1) is 27.7. The number of amides is 4. The van der Waals surface area contributed by atoms with Crippen molar-refractivity contribution in [1.29, 1.82) is 0 Å². The molecule has 1 saturated heterocycles. The smallest absolute Gasteiger partial charge is 0.294 e. The van der Waals surface area contributed by atoms with Crippen LogP contribution in [-0.2, 0) is 14.4 Å². The van der Waals surface area contributed by atoms with Gasteiger partial charge in [0, 0.05) is 11.4 Å². The minimum Gasteiger partial charge on any atom is -0.484 e. The van der Waals surface area contributed by atoms with Gasteiger partial charge in [-0.25, -0.2) is 0 Å². The number of hydrogen-bond acceptors (Lipinski definition) is 6. The molecule has 0 bridgehead atoms. The molecule has 39 heavy (non-hydrogen) atoms. The summed E-state index contributed by atoms with van der Waals surface area (Å²) in [5.74, 6) is -0.497. The van der Waals surface area contributed by atoms with Crippen molar-refractivity contribution in [2.45, 2.75) is 26.7 Å². The molecule has 0 spiro atoms. The van der Waals surface area contributed by atoms with Crippen LogP contribution in [0.15, 0.2) is 77.7 Å². The Morgan fingerprint density at radius 3 is 2.31 bits per heavy atom. The lowest BCUT2D eigenvalue weighted by Crippen LogP contribution is -2.36. The number of aryl methyl sites for hydroxylation is 1. The van der Waals surface area contributed by atoms with E-state index in [4.69, 9.17) is 4.74 Å². The summed E-state index contributed by atoms with van der Waals surface area (Å²) in [5.41, 5.74) is 4.13. The largest absolute Gasteiger partial charge is 0.484 e. The number of anilines is 2. The topological polar surface area (TPSA) is 105 Å². The molecule has 0 unspecified atom stereocenters. The summed E-state index contributed by atoms with van der Waals surface area (Å²) < 4.78 is 5.61. The number of nitrogens with one attached hydrogen (secondary N) is 2. The second-order valence-electron chi connectivity index (χ2n) is 9.33. The van der Waals surface area contributed by atoms with E-state index in [2.05, 4.69) is 24.5 Å². The fraction of sp³-hybridized carbons (Fsp3) is 0.200. The molecule has 3 aromatic carbocycles. The van der Waals surface area contributed by atoms with Crippen LogP contribution in [0.2, 0.25) is 0 Å². The molecule has 1 fully saturated rings. The fourth-order valence-electron chi connectivity index (χ4n) is 3.88. The zero-order valence-corrected chi connectivity index (χ0v) is 22.7. The number of nitrogens with zero attached hydrogens (tertiary/aromatic N) is 1. The van der Waals surface area contributed by atoms with Gasteiger partial charge in [-0.2, -0.15) is 0 Å². The van der Waals surface area contributed by atoms with Crippen molar-refractivity contribution >= 4 is 52.2 Å². The van der Waals surface area contributed by atoms with E-state index in [0.29, 0.717) is 17.0 Å². The van der Waals surface area contributed by atoms with Crippen LogP contribution in [0, 0.1) is 6.92 Å². The summed E-state index contributed by atoms with van der Waals surface area (Å²) in [6, 6.07) is 21.7. The average molecular weight is 544 g/mol. The van der Waals surface area contributed by atoms with Gasteiger partial charge in [0.25, 0.3) is 17.1 Å². The zero-order valence-electron chi connectivity index (χ0n) is 21.9. The third kappa shape index (κ3) is 7.36. The van der Waals surface area contributed by atoms with Crippen molar-refractivity contribution in [1.82, 2.24) is 4.90 Å². The van der Waals surface area contributed by atoms with Gasteiger partial charge in [0.15, 0.2) is 6.61 Å². The molecule has 0 atom stereocenters. The molecule has 9 heteroatoms. The standard InChI is InChI=1S/C30H29N3O5S/c1-19(2)24-6-4-5-7-25(24)32-28(35)18-38-23-14-10-21(11-15-23)16-26-29(36)33(30(37)39-26)17-27(34)31-22-12-8-20(3)9-13-22/h4-16,19H,17-18H2,1-3H3,(H,31,34)(H,32,35)/b26-16+. The van der Waals surface area contributed by atoms with Crippen LogP contribution in [0.25, 0.3) is 6.08 Å². The van der Waals surface area contributed by atoms with Crippen LogP contribution in [0.1, 0.15) is 36.5 Å². The van der Waals surface area contributed by atoms with Gasteiger partial charge in [-0.1, -0.05) is 61.9 Å². The number of ether oxygens (including phenoxy) is 1. The first-order valence-corrected chi connectivity index (χ1v) is 13.2. The number of hydrogen-bond donors (Lipinski definition) is 2. The van der Waals surface area contributed by atoms with Crippen LogP contribution >= 0.6 is 11.8 Å². The lowest BCUT2D eigenvalue weighted by atomic mass is 10.0. The number of thioether (sulfide) groups is 1. The molecular weight excluding hydrogens is 514 g/mol. The molecule has 1 aliphatic heterocycles. The Kier molecular flexibility index (Phi) is 8.83. The van der Waals surface area contributed by atoms with Gasteiger partial charge in [-0.3, -0.25) is 24.1 Å². The number of rotatable bonds is 9. The molecule has 0 saturated carbocycles. The van der Waals surface area contributed by atoms with E-state index in [1.54, 1.807) is 42.5 Å². The summed E-state index contributed by atoms with van der Waals surface area (Å²) in [6.07, 6.45) is 1.59. The van der Waals surface area contributed by atoms with Crippen LogP contribution in [0.4, 0.5) is 16.2 Å². The second kappa shape index (κ2) is 12.4. The van der Waals surface area contributed by atoms with Crippen molar-refractivity contribution < 1.29 is 23.9 Å². The van der Waals surface area contributed by atoms with E-state index in [1.807, 2.05) is 43.3 Å². The highest BCUT2D eigenvalue weighted by Crippen LogP contribution is 2.32. The Labute approximate surface area is 231 Å². The summed E-state index contributed by atoms with van der Waals surface area (Å²) >= 11 is 0.784. The van der Waals surface area contributed by atoms with Crippen molar-refractivity contribution in [3.05, 3.63) is 94.4 Å². The molecule has 8 nitrogen and oxygen atoms in total. The van der Waals surface area contributed by atoms with E-state index in [1.165, 1.54) is 0 Å². The SMILES string of the molecule is Cc1ccc(NC(=O)CN2C(=O)S/C(=C/c3ccc(OCC(=O)Nc4ccccc4C(C)C)cc3)C2=O)cc1. The Hall–Kier alpha value is -4.37. The van der Waals surface area contributed by atoms with E-state index >= 15 is 0 Å². The van der Waals surface area contributed by atoms with Crippen molar-refractivity contribution in [2.75, 3.05) is 23.8 Å². The highest BCUT2D eigenvalue weighted by Gasteiger charge is 2.36. The maximum absolute atomic E-state index is 12.8. The molecule has 2 N–H and O–H groups in total. The van der Waals surface area contributed by atoms with Gasteiger partial charge in [-0.15, -0.1) is 0 Å². The average Bonchev–Trinajstić information content (AvgIpc) is 3.17. The van der Waals surface area contributed by atoms with Gasteiger partial charge >= 0.3 is 0 Å². The maximum atomic E-state index is 12.8. The van der Waals surface area contributed by atoms with E-state index in [9.17, 15) is 19.2 Å². The van der Waals surface area contributed by atoms with Crippen molar-refractivity contribution in [2.24, 2.45) is 0 Å². The number of imide groups is 1. The molecule has 0 aliphatic carbocycles. The number of benzene rings is 3. The first-order chi connectivity index (χ1) is 18.7. The van der Waals surface area contributed by atoms with Gasteiger partial charge in [0.05, 0.1) is 4.91 Å². The lowest BCUT2D eigenvalue weighted by Gasteiger charge is -2.14. The van der Waals surface area contributed by atoms with E-state index in [0.717, 1.165) is 33.5 Å². The minimum absolute atomic E-state index is 0.157. The number of carbonyl (C=O) groups is 4. The van der Waals surface area contributed by atoms with Crippen LogP contribution < -0.4 is 15.4 Å². The number of para-hydroxylation sites is 1.